The Kier molecular flexibility index (Phi) is 8.33. The van der Waals surface area contributed by atoms with E-state index in [-0.39, 0.29) is 0 Å². The molecule has 2 unspecified atom stereocenters. The molecule has 1 saturated heterocycles. The third-order valence-electron chi connectivity index (χ3n) is 6.19. The fourth-order valence-corrected chi connectivity index (χ4v) is 4.68. The van der Waals surface area contributed by atoms with Crippen LogP contribution < -0.4 is 28.4 Å². The highest BCUT2D eigenvalue weighted by Crippen LogP contribution is 2.49. The van der Waals surface area contributed by atoms with E-state index in [4.69, 9.17) is 28.4 Å². The lowest BCUT2D eigenvalue weighted by molar-refractivity contribution is -0.145. The van der Waals surface area contributed by atoms with Gasteiger partial charge in [-0.05, 0) is 49.2 Å². The zero-order valence-corrected chi connectivity index (χ0v) is 20.5. The number of hydrogen-bond donors (Lipinski definition) is 1. The Balaban J connectivity index is 2.32. The molecule has 1 fully saturated rings. The van der Waals surface area contributed by atoms with Crippen LogP contribution in [0.3, 0.4) is 0 Å². The highest BCUT2D eigenvalue weighted by molar-refractivity contribution is 5.74. The van der Waals surface area contributed by atoms with E-state index in [9.17, 15) is 9.90 Å². The second-order valence-electron chi connectivity index (χ2n) is 7.87. The molecular weight excluding hydrogens is 442 g/mol. The number of carbonyl (C=O) groups is 1. The number of benzene rings is 2. The van der Waals surface area contributed by atoms with Crippen LogP contribution in [0.5, 0.6) is 34.5 Å². The summed E-state index contributed by atoms with van der Waals surface area (Å²) in [5, 5.41) is 10.1. The molecule has 2 aromatic rings. The fraction of sp³-hybridized carbons (Fsp3) is 0.480. The van der Waals surface area contributed by atoms with E-state index >= 15 is 0 Å². The molecule has 1 aliphatic heterocycles. The number of likely N-dealkylation sites (tertiary alicyclic amines) is 1. The molecule has 2 aromatic carbocycles. The Morgan fingerprint density at radius 1 is 0.824 bits per heavy atom. The average molecular weight is 476 g/mol. The third-order valence-corrected chi connectivity index (χ3v) is 6.19. The van der Waals surface area contributed by atoms with E-state index in [0.29, 0.717) is 47.5 Å². The van der Waals surface area contributed by atoms with Crippen LogP contribution in [-0.4, -0.2) is 71.2 Å². The van der Waals surface area contributed by atoms with Gasteiger partial charge >= 0.3 is 5.97 Å². The smallest absolute Gasteiger partial charge is 0.320 e. The third kappa shape index (κ3) is 4.65. The van der Waals surface area contributed by atoms with E-state index in [1.165, 1.54) is 0 Å². The molecule has 0 amide bonds. The predicted octanol–water partition coefficient (Wildman–Crippen LogP) is 3.77. The lowest BCUT2D eigenvalue weighted by Gasteiger charge is -2.40. The van der Waals surface area contributed by atoms with Crippen molar-refractivity contribution in [2.45, 2.75) is 31.3 Å². The van der Waals surface area contributed by atoms with Crippen molar-refractivity contribution in [1.82, 2.24) is 4.90 Å². The molecule has 0 aromatic heterocycles. The monoisotopic (exact) mass is 475 g/mol. The molecule has 186 valence electrons. The summed E-state index contributed by atoms with van der Waals surface area (Å²) in [5.74, 6) is 1.96. The Morgan fingerprint density at radius 2 is 1.41 bits per heavy atom. The number of nitrogens with zero attached hydrogens (tertiary/aromatic N) is 1. The van der Waals surface area contributed by atoms with Crippen molar-refractivity contribution >= 4 is 5.97 Å². The van der Waals surface area contributed by atoms with Gasteiger partial charge in [-0.1, -0.05) is 6.42 Å². The van der Waals surface area contributed by atoms with Crippen molar-refractivity contribution in [2.75, 3.05) is 49.2 Å². The molecule has 0 aliphatic carbocycles. The number of rotatable bonds is 10. The van der Waals surface area contributed by atoms with Crippen LogP contribution in [0, 0.1) is 0 Å². The minimum atomic E-state index is -0.864. The van der Waals surface area contributed by atoms with Crippen molar-refractivity contribution in [3.63, 3.8) is 0 Å². The largest absolute Gasteiger partial charge is 0.493 e. The minimum Gasteiger partial charge on any atom is -0.493 e. The van der Waals surface area contributed by atoms with Crippen LogP contribution in [0.1, 0.15) is 36.4 Å². The van der Waals surface area contributed by atoms with Gasteiger partial charge in [-0.25, -0.2) is 0 Å². The van der Waals surface area contributed by atoms with Crippen LogP contribution in [-0.2, 0) is 4.79 Å². The molecule has 0 bridgehead atoms. The summed E-state index contributed by atoms with van der Waals surface area (Å²) in [6.45, 7) is 0.593. The van der Waals surface area contributed by atoms with Gasteiger partial charge in [0.05, 0.1) is 48.7 Å². The number of aliphatic carboxylic acids is 1. The van der Waals surface area contributed by atoms with Crippen LogP contribution >= 0.6 is 0 Å². The van der Waals surface area contributed by atoms with Gasteiger partial charge < -0.3 is 33.5 Å². The van der Waals surface area contributed by atoms with Gasteiger partial charge in [0.2, 0.25) is 11.5 Å². The van der Waals surface area contributed by atoms with Gasteiger partial charge in [0.25, 0.3) is 0 Å². The number of ether oxygens (including phenoxy) is 6. The van der Waals surface area contributed by atoms with E-state index in [2.05, 4.69) is 0 Å². The average Bonchev–Trinajstić information content (AvgIpc) is 2.87. The number of piperidine rings is 1. The first-order valence-electron chi connectivity index (χ1n) is 11.0. The maximum absolute atomic E-state index is 12.3. The zero-order chi connectivity index (χ0) is 24.8. The second kappa shape index (κ2) is 11.2. The van der Waals surface area contributed by atoms with Crippen molar-refractivity contribution in [2.24, 2.45) is 0 Å². The van der Waals surface area contributed by atoms with Crippen molar-refractivity contribution < 1.29 is 38.3 Å². The number of methoxy groups -OCH3 is 6. The van der Waals surface area contributed by atoms with Gasteiger partial charge in [-0.2, -0.15) is 0 Å². The number of carboxylic acid groups (broad SMARTS) is 1. The molecule has 0 spiro atoms. The zero-order valence-electron chi connectivity index (χ0n) is 20.5. The molecule has 1 N–H and O–H groups in total. The molecule has 9 nitrogen and oxygen atoms in total. The maximum atomic E-state index is 12.3. The molecule has 1 heterocycles. The Labute approximate surface area is 200 Å². The van der Waals surface area contributed by atoms with E-state index in [1.54, 1.807) is 48.7 Å². The minimum absolute atomic E-state index is 0.434. The Hall–Kier alpha value is -3.33. The van der Waals surface area contributed by atoms with Crippen LogP contribution in [0.15, 0.2) is 24.3 Å². The lowest BCUT2D eigenvalue weighted by atomic mass is 9.90. The fourth-order valence-electron chi connectivity index (χ4n) is 4.68. The van der Waals surface area contributed by atoms with Gasteiger partial charge in [0.15, 0.2) is 23.0 Å². The quantitative estimate of drug-likeness (QED) is 0.551. The van der Waals surface area contributed by atoms with Gasteiger partial charge in [-0.15, -0.1) is 0 Å². The molecule has 3 rings (SSSR count). The molecule has 9 heteroatoms. The second-order valence-corrected chi connectivity index (χ2v) is 7.87. The number of hydrogen-bond acceptors (Lipinski definition) is 8. The summed E-state index contributed by atoms with van der Waals surface area (Å²) in [6.07, 6.45) is 2.27. The highest BCUT2D eigenvalue weighted by Gasteiger charge is 2.38. The first kappa shape index (κ1) is 25.3. The summed E-state index contributed by atoms with van der Waals surface area (Å²) in [7, 11) is 9.29. The van der Waals surface area contributed by atoms with Gasteiger partial charge in [0, 0.05) is 5.56 Å². The van der Waals surface area contributed by atoms with Crippen LogP contribution in [0.25, 0.3) is 0 Å². The van der Waals surface area contributed by atoms with E-state index < -0.39 is 18.1 Å². The summed E-state index contributed by atoms with van der Waals surface area (Å²) < 4.78 is 33.5. The summed E-state index contributed by atoms with van der Waals surface area (Å²) >= 11 is 0. The normalized spacial score (nSPS) is 16.9. The van der Waals surface area contributed by atoms with E-state index in [0.717, 1.165) is 24.0 Å². The van der Waals surface area contributed by atoms with E-state index in [1.807, 2.05) is 23.1 Å². The van der Waals surface area contributed by atoms with Crippen molar-refractivity contribution in [3.05, 3.63) is 35.4 Å². The molecule has 1 aliphatic rings. The molecule has 2 atom stereocenters. The molecule has 0 radical (unpaired) electrons. The summed E-state index contributed by atoms with van der Waals surface area (Å²) in [6, 6.07) is 6.19. The molecular formula is C25H33NO8. The molecule has 34 heavy (non-hydrogen) atoms. The predicted molar refractivity (Wildman–Crippen MR) is 126 cm³/mol. The summed E-state index contributed by atoms with van der Waals surface area (Å²) in [4.78, 5) is 14.3. The van der Waals surface area contributed by atoms with Crippen LogP contribution in [0.2, 0.25) is 0 Å². The van der Waals surface area contributed by atoms with Gasteiger partial charge in [-0.3, -0.25) is 9.69 Å². The first-order valence-corrected chi connectivity index (χ1v) is 11.0. The topological polar surface area (TPSA) is 95.9 Å². The maximum Gasteiger partial charge on any atom is 0.320 e. The summed E-state index contributed by atoms with van der Waals surface area (Å²) in [5.41, 5.74) is 1.51. The van der Waals surface area contributed by atoms with Crippen molar-refractivity contribution in [3.8, 4) is 34.5 Å². The SMILES string of the molecule is COc1cc(C(c2ccc(OC)c(OC)c2OC)N2CCCCC2C(=O)O)cc(OC)c1OC. The number of carboxylic acids is 1. The Morgan fingerprint density at radius 3 is 1.91 bits per heavy atom. The highest BCUT2D eigenvalue weighted by atomic mass is 16.5. The first-order chi connectivity index (χ1) is 16.4. The van der Waals surface area contributed by atoms with Crippen molar-refractivity contribution in [1.29, 1.82) is 0 Å². The standard InChI is InChI=1S/C25H33NO8/c1-29-18-11-10-16(22(32-4)24(18)34-6)21(26-12-8-7-9-17(26)25(27)28)15-13-19(30-2)23(33-5)20(14-15)31-3/h10-11,13-14,17,21H,7-9,12H2,1-6H3,(H,27,28). The molecule has 0 saturated carbocycles. The van der Waals surface area contributed by atoms with Gasteiger partial charge in [0.1, 0.15) is 6.04 Å². The van der Waals surface area contributed by atoms with Crippen LogP contribution in [0.4, 0.5) is 0 Å². The lowest BCUT2D eigenvalue weighted by Crippen LogP contribution is -2.47. The Bertz CT molecular complexity index is 984.